The van der Waals surface area contributed by atoms with Crippen molar-refractivity contribution < 1.29 is 9.66 Å². The van der Waals surface area contributed by atoms with Gasteiger partial charge in [0.15, 0.2) is 5.75 Å². The standard InChI is InChI=1S/C13H15N3O3S/c1-3-9-7-15-12(20-9)8-14-10-5-4-6-11(19-2)13(10)16(17)18/h4-7,14H,3,8H2,1-2H3. The summed E-state index contributed by atoms with van der Waals surface area (Å²) in [6.45, 7) is 2.52. The number of nitrogens with zero attached hydrogens (tertiary/aromatic N) is 2. The van der Waals surface area contributed by atoms with Crippen LogP contribution in [0.5, 0.6) is 5.75 Å². The van der Waals surface area contributed by atoms with Crippen molar-refractivity contribution in [3.63, 3.8) is 0 Å². The summed E-state index contributed by atoms with van der Waals surface area (Å²) in [6.07, 6.45) is 2.78. The first-order valence-electron chi connectivity index (χ1n) is 6.14. The largest absolute Gasteiger partial charge is 0.490 e. The molecule has 6 nitrogen and oxygen atoms in total. The Morgan fingerprint density at radius 3 is 2.90 bits per heavy atom. The van der Waals surface area contributed by atoms with Crippen LogP contribution in [-0.2, 0) is 13.0 Å². The van der Waals surface area contributed by atoms with Crippen LogP contribution in [0.25, 0.3) is 0 Å². The number of ether oxygens (including phenoxy) is 1. The van der Waals surface area contributed by atoms with Crippen molar-refractivity contribution in [2.75, 3.05) is 12.4 Å². The average Bonchev–Trinajstić information content (AvgIpc) is 2.92. The molecule has 0 aliphatic carbocycles. The Hall–Kier alpha value is -2.15. The minimum absolute atomic E-state index is 0.0535. The van der Waals surface area contributed by atoms with E-state index in [1.165, 1.54) is 12.0 Å². The molecule has 7 heteroatoms. The number of nitro benzene ring substituents is 1. The number of methoxy groups -OCH3 is 1. The molecule has 0 unspecified atom stereocenters. The van der Waals surface area contributed by atoms with E-state index in [1.807, 2.05) is 6.20 Å². The molecule has 1 aromatic carbocycles. The second kappa shape index (κ2) is 6.33. The van der Waals surface area contributed by atoms with Gasteiger partial charge in [0.1, 0.15) is 10.7 Å². The van der Waals surface area contributed by atoms with E-state index in [1.54, 1.807) is 29.5 Å². The van der Waals surface area contributed by atoms with Crippen LogP contribution in [-0.4, -0.2) is 17.0 Å². The second-order valence-electron chi connectivity index (χ2n) is 4.04. The molecular weight excluding hydrogens is 278 g/mol. The highest BCUT2D eigenvalue weighted by atomic mass is 32.1. The van der Waals surface area contributed by atoms with Crippen molar-refractivity contribution in [1.29, 1.82) is 0 Å². The first-order valence-corrected chi connectivity index (χ1v) is 6.96. The van der Waals surface area contributed by atoms with Crippen LogP contribution in [0.2, 0.25) is 0 Å². The zero-order valence-electron chi connectivity index (χ0n) is 11.3. The smallest absolute Gasteiger partial charge is 0.333 e. The summed E-state index contributed by atoms with van der Waals surface area (Å²) in [7, 11) is 1.42. The van der Waals surface area contributed by atoms with Gasteiger partial charge in [-0.3, -0.25) is 10.1 Å². The Labute approximate surface area is 120 Å². The molecule has 0 spiro atoms. The van der Waals surface area contributed by atoms with E-state index in [4.69, 9.17) is 4.74 Å². The summed E-state index contributed by atoms with van der Waals surface area (Å²) >= 11 is 1.60. The molecule has 20 heavy (non-hydrogen) atoms. The van der Waals surface area contributed by atoms with Crippen molar-refractivity contribution in [3.05, 3.63) is 44.4 Å². The SMILES string of the molecule is CCc1cnc(CNc2cccc(OC)c2[N+](=O)[O-])s1. The maximum Gasteiger partial charge on any atom is 0.333 e. The lowest BCUT2D eigenvalue weighted by Gasteiger charge is -2.08. The molecule has 106 valence electrons. The normalized spacial score (nSPS) is 10.3. The van der Waals surface area contributed by atoms with Crippen LogP contribution in [0.4, 0.5) is 11.4 Å². The Balaban J connectivity index is 2.18. The molecule has 0 amide bonds. The number of thiazole rings is 1. The van der Waals surface area contributed by atoms with Gasteiger partial charge >= 0.3 is 5.69 Å². The van der Waals surface area contributed by atoms with Gasteiger partial charge < -0.3 is 10.1 Å². The Bertz CT molecular complexity index is 613. The number of benzene rings is 1. The van der Waals surface area contributed by atoms with Crippen LogP contribution in [0.1, 0.15) is 16.8 Å². The van der Waals surface area contributed by atoms with Crippen LogP contribution < -0.4 is 10.1 Å². The highest BCUT2D eigenvalue weighted by Crippen LogP contribution is 2.34. The number of para-hydroxylation sites is 1. The quantitative estimate of drug-likeness (QED) is 0.653. The summed E-state index contributed by atoms with van der Waals surface area (Å²) in [5, 5.41) is 15.1. The molecule has 0 saturated heterocycles. The minimum Gasteiger partial charge on any atom is -0.490 e. The molecule has 0 radical (unpaired) electrons. The van der Waals surface area contributed by atoms with Crippen LogP contribution in [0.15, 0.2) is 24.4 Å². The third kappa shape index (κ3) is 3.05. The average molecular weight is 293 g/mol. The third-order valence-electron chi connectivity index (χ3n) is 2.78. The highest BCUT2D eigenvalue weighted by Gasteiger charge is 2.20. The van der Waals surface area contributed by atoms with Crippen LogP contribution >= 0.6 is 11.3 Å². The summed E-state index contributed by atoms with van der Waals surface area (Å²) in [5.41, 5.74) is 0.380. The zero-order valence-corrected chi connectivity index (χ0v) is 12.1. The molecular formula is C13H15N3O3S. The van der Waals surface area contributed by atoms with Gasteiger partial charge in [-0.1, -0.05) is 13.0 Å². The van der Waals surface area contributed by atoms with E-state index in [2.05, 4.69) is 17.2 Å². The van der Waals surface area contributed by atoms with E-state index < -0.39 is 4.92 Å². The summed E-state index contributed by atoms with van der Waals surface area (Å²) in [6, 6.07) is 4.95. The lowest BCUT2D eigenvalue weighted by Crippen LogP contribution is -2.03. The summed E-state index contributed by atoms with van der Waals surface area (Å²) in [4.78, 5) is 16.2. The van der Waals surface area contributed by atoms with Crippen LogP contribution in [0, 0.1) is 10.1 Å². The molecule has 2 rings (SSSR count). The number of nitro groups is 1. The topological polar surface area (TPSA) is 77.3 Å². The van der Waals surface area contributed by atoms with Crippen molar-refractivity contribution in [2.45, 2.75) is 19.9 Å². The minimum atomic E-state index is -0.444. The molecule has 0 atom stereocenters. The number of aryl methyl sites for hydroxylation is 1. The molecule has 0 saturated carbocycles. The van der Waals surface area contributed by atoms with E-state index in [0.29, 0.717) is 12.2 Å². The van der Waals surface area contributed by atoms with E-state index in [0.717, 1.165) is 11.4 Å². The van der Waals surface area contributed by atoms with Crippen molar-refractivity contribution >= 4 is 22.7 Å². The summed E-state index contributed by atoms with van der Waals surface area (Å²) < 4.78 is 5.03. The van der Waals surface area contributed by atoms with Gasteiger partial charge in [-0.15, -0.1) is 11.3 Å². The molecule has 1 N–H and O–H groups in total. The Morgan fingerprint density at radius 1 is 1.50 bits per heavy atom. The van der Waals surface area contributed by atoms with E-state index in [9.17, 15) is 10.1 Å². The number of aromatic nitrogens is 1. The molecule has 0 fully saturated rings. The van der Waals surface area contributed by atoms with Crippen molar-refractivity contribution in [2.24, 2.45) is 0 Å². The van der Waals surface area contributed by atoms with Gasteiger partial charge in [-0.05, 0) is 18.6 Å². The monoisotopic (exact) mass is 293 g/mol. The maximum absolute atomic E-state index is 11.1. The van der Waals surface area contributed by atoms with Crippen LogP contribution in [0.3, 0.4) is 0 Å². The van der Waals surface area contributed by atoms with Gasteiger partial charge in [0.05, 0.1) is 18.6 Å². The fourth-order valence-corrected chi connectivity index (χ4v) is 2.58. The fourth-order valence-electron chi connectivity index (χ4n) is 1.78. The van der Waals surface area contributed by atoms with E-state index >= 15 is 0 Å². The first-order chi connectivity index (χ1) is 9.65. The highest BCUT2D eigenvalue weighted by molar-refractivity contribution is 7.11. The predicted octanol–water partition coefficient (Wildman–Crippen LogP) is 3.23. The van der Waals surface area contributed by atoms with Gasteiger partial charge in [-0.25, -0.2) is 4.98 Å². The lowest BCUT2D eigenvalue weighted by molar-refractivity contribution is -0.384. The molecule has 1 aromatic heterocycles. The van der Waals surface area contributed by atoms with Gasteiger partial charge in [0.2, 0.25) is 0 Å². The summed E-state index contributed by atoms with van der Waals surface area (Å²) in [5.74, 6) is 0.244. The number of nitrogens with one attached hydrogen (secondary N) is 1. The first kappa shape index (κ1) is 14.3. The van der Waals surface area contributed by atoms with Crippen molar-refractivity contribution in [1.82, 2.24) is 4.98 Å². The van der Waals surface area contributed by atoms with Crippen molar-refractivity contribution in [3.8, 4) is 5.75 Å². The molecule has 0 aliphatic heterocycles. The lowest BCUT2D eigenvalue weighted by atomic mass is 10.2. The van der Waals surface area contributed by atoms with E-state index in [-0.39, 0.29) is 11.4 Å². The van der Waals surface area contributed by atoms with Gasteiger partial charge in [0.25, 0.3) is 0 Å². The fraction of sp³-hybridized carbons (Fsp3) is 0.308. The Morgan fingerprint density at radius 2 is 2.30 bits per heavy atom. The van der Waals surface area contributed by atoms with Gasteiger partial charge in [-0.2, -0.15) is 0 Å². The number of hydrogen-bond donors (Lipinski definition) is 1. The Kier molecular flexibility index (Phi) is 4.52. The number of anilines is 1. The number of hydrogen-bond acceptors (Lipinski definition) is 6. The second-order valence-corrected chi connectivity index (χ2v) is 5.24. The molecule has 0 bridgehead atoms. The molecule has 1 heterocycles. The molecule has 0 aliphatic rings. The zero-order chi connectivity index (χ0) is 14.5. The predicted molar refractivity (Wildman–Crippen MR) is 78.5 cm³/mol. The number of rotatable bonds is 6. The van der Waals surface area contributed by atoms with Gasteiger partial charge in [0, 0.05) is 11.1 Å². The molecule has 2 aromatic rings. The third-order valence-corrected chi connectivity index (χ3v) is 3.92. The maximum atomic E-state index is 11.1.